The van der Waals surface area contributed by atoms with Crippen LogP contribution in [0.15, 0.2) is 0 Å². The topological polar surface area (TPSA) is 32.3 Å². The minimum Gasteiger partial charge on any atom is -0.389 e. The second-order valence-corrected chi connectivity index (χ2v) is 6.45. The Morgan fingerprint density at radius 3 is 2.00 bits per heavy atom. The summed E-state index contributed by atoms with van der Waals surface area (Å²) in [5.41, 5.74) is 0.163. The highest BCUT2D eigenvalue weighted by Gasteiger charge is 2.35. The van der Waals surface area contributed by atoms with Crippen LogP contribution in [0.3, 0.4) is 0 Å². The molecule has 0 radical (unpaired) electrons. The van der Waals surface area contributed by atoms with Crippen LogP contribution in [-0.4, -0.2) is 23.8 Å². The smallest absolute Gasteiger partial charge is 0.0771 e. The van der Waals surface area contributed by atoms with Gasteiger partial charge in [-0.05, 0) is 37.5 Å². The van der Waals surface area contributed by atoms with Crippen LogP contribution in [-0.2, 0) is 0 Å². The summed E-state index contributed by atoms with van der Waals surface area (Å²) in [4.78, 5) is 0. The van der Waals surface area contributed by atoms with E-state index in [1.54, 1.807) is 0 Å². The standard InChI is InChI=1S/C15H29NO/c1-2-14(8-7-9-14)12-16-13-15(17)10-5-3-4-6-11-15/h16-17H,2-13H2,1H3. The third kappa shape index (κ3) is 3.45. The highest BCUT2D eigenvalue weighted by molar-refractivity contribution is 4.90. The molecule has 0 saturated heterocycles. The van der Waals surface area contributed by atoms with Crippen LogP contribution < -0.4 is 5.32 Å². The molecule has 0 aliphatic heterocycles. The van der Waals surface area contributed by atoms with Crippen molar-refractivity contribution in [2.45, 2.75) is 76.7 Å². The Morgan fingerprint density at radius 2 is 1.53 bits per heavy atom. The summed E-state index contributed by atoms with van der Waals surface area (Å²) in [6, 6.07) is 0. The predicted octanol–water partition coefficient (Wildman–Crippen LogP) is 3.24. The summed E-state index contributed by atoms with van der Waals surface area (Å²) in [5.74, 6) is 0. The minimum absolute atomic E-state index is 0.408. The predicted molar refractivity (Wildman–Crippen MR) is 72.1 cm³/mol. The van der Waals surface area contributed by atoms with Crippen molar-refractivity contribution in [3.8, 4) is 0 Å². The normalized spacial score (nSPS) is 27.2. The summed E-state index contributed by atoms with van der Waals surface area (Å²) >= 11 is 0. The molecule has 0 aromatic heterocycles. The van der Waals surface area contributed by atoms with Crippen LogP contribution in [0.4, 0.5) is 0 Å². The van der Waals surface area contributed by atoms with Gasteiger partial charge in [0.25, 0.3) is 0 Å². The van der Waals surface area contributed by atoms with Crippen molar-refractivity contribution in [1.29, 1.82) is 0 Å². The summed E-state index contributed by atoms with van der Waals surface area (Å²) in [6.07, 6.45) is 12.5. The Kier molecular flexibility index (Phi) is 4.48. The second-order valence-electron chi connectivity index (χ2n) is 6.45. The maximum Gasteiger partial charge on any atom is 0.0771 e. The lowest BCUT2D eigenvalue weighted by molar-refractivity contribution is 0.0183. The molecule has 2 heteroatoms. The van der Waals surface area contributed by atoms with E-state index in [0.717, 1.165) is 25.9 Å². The van der Waals surface area contributed by atoms with Crippen molar-refractivity contribution in [1.82, 2.24) is 5.32 Å². The van der Waals surface area contributed by atoms with Crippen molar-refractivity contribution in [2.24, 2.45) is 5.41 Å². The van der Waals surface area contributed by atoms with Gasteiger partial charge < -0.3 is 10.4 Å². The second kappa shape index (κ2) is 5.71. The first kappa shape index (κ1) is 13.4. The van der Waals surface area contributed by atoms with Gasteiger partial charge in [-0.3, -0.25) is 0 Å². The van der Waals surface area contributed by atoms with E-state index in [4.69, 9.17) is 0 Å². The van der Waals surface area contributed by atoms with Gasteiger partial charge >= 0.3 is 0 Å². The van der Waals surface area contributed by atoms with E-state index in [1.807, 2.05) is 0 Å². The van der Waals surface area contributed by atoms with Crippen molar-refractivity contribution in [3.63, 3.8) is 0 Å². The molecule has 0 amide bonds. The monoisotopic (exact) mass is 239 g/mol. The maximum absolute atomic E-state index is 10.5. The lowest BCUT2D eigenvalue weighted by Crippen LogP contribution is -2.46. The molecule has 0 aromatic rings. The highest BCUT2D eigenvalue weighted by Crippen LogP contribution is 2.43. The molecule has 2 nitrogen and oxygen atoms in total. The largest absolute Gasteiger partial charge is 0.389 e. The average Bonchev–Trinajstić information content (AvgIpc) is 2.48. The fraction of sp³-hybridized carbons (Fsp3) is 1.00. The van der Waals surface area contributed by atoms with Crippen LogP contribution >= 0.6 is 0 Å². The number of rotatable bonds is 5. The third-order valence-corrected chi connectivity index (χ3v) is 5.15. The SMILES string of the molecule is CCC1(CNCC2(O)CCCCCC2)CCC1. The molecule has 0 bridgehead atoms. The van der Waals surface area contributed by atoms with Gasteiger partial charge in [-0.15, -0.1) is 0 Å². The lowest BCUT2D eigenvalue weighted by Gasteiger charge is -2.42. The van der Waals surface area contributed by atoms with Gasteiger partial charge in [0.1, 0.15) is 0 Å². The molecular weight excluding hydrogens is 210 g/mol. The van der Waals surface area contributed by atoms with Gasteiger partial charge in [-0.1, -0.05) is 39.0 Å². The molecule has 0 aromatic carbocycles. The molecule has 2 saturated carbocycles. The summed E-state index contributed by atoms with van der Waals surface area (Å²) in [5, 5.41) is 14.1. The van der Waals surface area contributed by atoms with Gasteiger partial charge in [0.15, 0.2) is 0 Å². The quantitative estimate of drug-likeness (QED) is 0.722. The Morgan fingerprint density at radius 1 is 0.882 bits per heavy atom. The van der Waals surface area contributed by atoms with E-state index in [0.29, 0.717) is 5.41 Å². The zero-order chi connectivity index (χ0) is 12.2. The van der Waals surface area contributed by atoms with Crippen LogP contribution in [0.2, 0.25) is 0 Å². The zero-order valence-electron chi connectivity index (χ0n) is 11.4. The van der Waals surface area contributed by atoms with Crippen LogP contribution in [0.1, 0.15) is 71.1 Å². The van der Waals surface area contributed by atoms with Crippen molar-refractivity contribution in [3.05, 3.63) is 0 Å². The molecule has 0 atom stereocenters. The first-order chi connectivity index (χ1) is 8.18. The van der Waals surface area contributed by atoms with Gasteiger partial charge in [-0.2, -0.15) is 0 Å². The molecule has 2 fully saturated rings. The lowest BCUT2D eigenvalue weighted by atomic mass is 9.67. The molecule has 2 aliphatic rings. The van der Waals surface area contributed by atoms with E-state index in [9.17, 15) is 5.11 Å². The molecule has 17 heavy (non-hydrogen) atoms. The fourth-order valence-corrected chi connectivity index (χ4v) is 3.46. The number of hydrogen-bond acceptors (Lipinski definition) is 2. The molecule has 100 valence electrons. The van der Waals surface area contributed by atoms with E-state index >= 15 is 0 Å². The van der Waals surface area contributed by atoms with Crippen LogP contribution in [0, 0.1) is 5.41 Å². The first-order valence-corrected chi connectivity index (χ1v) is 7.61. The van der Waals surface area contributed by atoms with Crippen molar-refractivity contribution in [2.75, 3.05) is 13.1 Å². The molecule has 0 spiro atoms. The average molecular weight is 239 g/mol. The molecule has 2 N–H and O–H groups in total. The summed E-state index contributed by atoms with van der Waals surface area (Å²) < 4.78 is 0. The zero-order valence-corrected chi connectivity index (χ0v) is 11.4. The summed E-state index contributed by atoms with van der Waals surface area (Å²) in [7, 11) is 0. The van der Waals surface area contributed by atoms with E-state index in [1.165, 1.54) is 51.4 Å². The number of hydrogen-bond donors (Lipinski definition) is 2. The van der Waals surface area contributed by atoms with E-state index in [-0.39, 0.29) is 0 Å². The van der Waals surface area contributed by atoms with Gasteiger partial charge in [0.2, 0.25) is 0 Å². The molecule has 0 heterocycles. The Hall–Kier alpha value is -0.0800. The van der Waals surface area contributed by atoms with Gasteiger partial charge in [-0.25, -0.2) is 0 Å². The van der Waals surface area contributed by atoms with Gasteiger partial charge in [0, 0.05) is 13.1 Å². The Labute approximate surface area is 106 Å². The van der Waals surface area contributed by atoms with E-state index < -0.39 is 5.60 Å². The fourth-order valence-electron chi connectivity index (χ4n) is 3.46. The van der Waals surface area contributed by atoms with Gasteiger partial charge in [0.05, 0.1) is 5.60 Å². The maximum atomic E-state index is 10.5. The van der Waals surface area contributed by atoms with Crippen molar-refractivity contribution >= 4 is 0 Å². The Bertz CT molecular complexity index is 222. The van der Waals surface area contributed by atoms with Crippen LogP contribution in [0.5, 0.6) is 0 Å². The number of nitrogens with one attached hydrogen (secondary N) is 1. The van der Waals surface area contributed by atoms with Crippen molar-refractivity contribution < 1.29 is 5.11 Å². The van der Waals surface area contributed by atoms with Crippen LogP contribution in [0.25, 0.3) is 0 Å². The first-order valence-electron chi connectivity index (χ1n) is 7.61. The molecular formula is C15H29NO. The molecule has 2 rings (SSSR count). The molecule has 0 unspecified atom stereocenters. The highest BCUT2D eigenvalue weighted by atomic mass is 16.3. The third-order valence-electron chi connectivity index (χ3n) is 5.15. The molecule has 2 aliphatic carbocycles. The number of aliphatic hydroxyl groups is 1. The minimum atomic E-state index is -0.408. The van der Waals surface area contributed by atoms with E-state index in [2.05, 4.69) is 12.2 Å². The summed E-state index contributed by atoms with van der Waals surface area (Å²) in [6.45, 7) is 4.24. The Balaban J connectivity index is 1.72.